The zero-order valence-electron chi connectivity index (χ0n) is 11.7. The Hall–Kier alpha value is -2.34. The summed E-state index contributed by atoms with van der Waals surface area (Å²) in [5.41, 5.74) is 7.08. The molecule has 0 atom stereocenters. The number of aryl methyl sites for hydroxylation is 1. The summed E-state index contributed by atoms with van der Waals surface area (Å²) in [5.74, 6) is -0.00326. The van der Waals surface area contributed by atoms with E-state index in [1.165, 1.54) is 16.2 Å². The summed E-state index contributed by atoms with van der Waals surface area (Å²) in [6, 6.07) is 11.0. The lowest BCUT2D eigenvalue weighted by Crippen LogP contribution is -2.21. The smallest absolute Gasteiger partial charge is 0.261 e. The van der Waals surface area contributed by atoms with Crippen molar-refractivity contribution >= 4 is 23.1 Å². The molecule has 2 rings (SSSR count). The Labute approximate surface area is 127 Å². The Morgan fingerprint density at radius 3 is 2.57 bits per heavy atom. The minimum absolute atomic E-state index is 0.0660. The number of hydrogen-bond acceptors (Lipinski definition) is 4. The number of nitrogens with two attached hydrogens (primary N) is 1. The highest BCUT2D eigenvalue weighted by atomic mass is 32.1. The summed E-state index contributed by atoms with van der Waals surface area (Å²) in [7, 11) is 0. The van der Waals surface area contributed by atoms with Crippen LogP contribution in [0.3, 0.4) is 0 Å². The van der Waals surface area contributed by atoms with Gasteiger partial charge in [0.1, 0.15) is 0 Å². The summed E-state index contributed by atoms with van der Waals surface area (Å²) >= 11 is 1.51. The maximum Gasteiger partial charge on any atom is 0.261 e. The molecule has 2 aromatic rings. The van der Waals surface area contributed by atoms with Crippen LogP contribution in [0.15, 0.2) is 41.6 Å². The van der Waals surface area contributed by atoms with Gasteiger partial charge >= 0.3 is 0 Å². The molecule has 0 aliphatic rings. The quantitative estimate of drug-likeness (QED) is 0.343. The van der Waals surface area contributed by atoms with Crippen LogP contribution in [0, 0.1) is 0 Å². The molecule has 5 nitrogen and oxygen atoms in total. The molecule has 0 bridgehead atoms. The number of hydrogen-bond donors (Lipinski definition) is 3. The van der Waals surface area contributed by atoms with Gasteiger partial charge in [-0.3, -0.25) is 4.79 Å². The first-order chi connectivity index (χ1) is 10.1. The van der Waals surface area contributed by atoms with Crippen LogP contribution in [-0.2, 0) is 13.0 Å². The molecule has 21 heavy (non-hydrogen) atoms. The van der Waals surface area contributed by atoms with Crippen molar-refractivity contribution < 1.29 is 10.0 Å². The summed E-state index contributed by atoms with van der Waals surface area (Å²) in [6.45, 7) is 2.51. The number of nitrogens with zero attached hydrogens (tertiary/aromatic N) is 1. The average molecular weight is 303 g/mol. The van der Waals surface area contributed by atoms with Crippen LogP contribution in [0.1, 0.15) is 32.6 Å². The van der Waals surface area contributed by atoms with E-state index in [2.05, 4.69) is 17.4 Å². The highest BCUT2D eigenvalue weighted by molar-refractivity contribution is 7.14. The van der Waals surface area contributed by atoms with Gasteiger partial charge in [0.15, 0.2) is 5.84 Å². The second kappa shape index (κ2) is 6.90. The number of amides is 1. The molecule has 1 amide bonds. The maximum absolute atomic E-state index is 12.0. The summed E-state index contributed by atoms with van der Waals surface area (Å²) in [4.78, 5) is 13.9. The third-order valence-corrected chi connectivity index (χ3v) is 4.27. The summed E-state index contributed by atoms with van der Waals surface area (Å²) < 4.78 is 0. The van der Waals surface area contributed by atoms with Crippen LogP contribution in [0.25, 0.3) is 0 Å². The molecule has 110 valence electrons. The third-order valence-electron chi connectivity index (χ3n) is 3.04. The number of rotatable bonds is 5. The van der Waals surface area contributed by atoms with E-state index in [0.717, 1.165) is 16.9 Å². The lowest BCUT2D eigenvalue weighted by atomic mass is 10.1. The van der Waals surface area contributed by atoms with Crippen LogP contribution < -0.4 is 11.1 Å². The Bertz CT molecular complexity index is 647. The van der Waals surface area contributed by atoms with E-state index in [4.69, 9.17) is 10.9 Å². The van der Waals surface area contributed by atoms with Gasteiger partial charge in [0.2, 0.25) is 0 Å². The first-order valence-corrected chi connectivity index (χ1v) is 7.39. The molecule has 6 heteroatoms. The zero-order chi connectivity index (χ0) is 15.2. The molecule has 0 aliphatic carbocycles. The number of oxime groups is 1. The second-order valence-electron chi connectivity index (χ2n) is 4.48. The molecule has 0 radical (unpaired) electrons. The topological polar surface area (TPSA) is 87.7 Å². The van der Waals surface area contributed by atoms with E-state index >= 15 is 0 Å². The van der Waals surface area contributed by atoms with Gasteiger partial charge < -0.3 is 16.3 Å². The van der Waals surface area contributed by atoms with Crippen molar-refractivity contribution in [3.63, 3.8) is 0 Å². The van der Waals surface area contributed by atoms with Gasteiger partial charge in [0, 0.05) is 17.0 Å². The van der Waals surface area contributed by atoms with Crippen molar-refractivity contribution in [1.82, 2.24) is 5.32 Å². The van der Waals surface area contributed by atoms with E-state index in [1.54, 1.807) is 12.1 Å². The molecule has 0 aliphatic heterocycles. The van der Waals surface area contributed by atoms with Gasteiger partial charge in [0.05, 0.1) is 4.88 Å². The fourth-order valence-corrected chi connectivity index (χ4v) is 2.67. The number of carbonyl (C=O) groups is 1. The molecule has 0 spiro atoms. The minimum atomic E-state index is -0.0692. The number of nitrogens with one attached hydrogen (secondary N) is 1. The molecular weight excluding hydrogens is 286 g/mol. The lowest BCUT2D eigenvalue weighted by Gasteiger charge is -2.05. The molecule has 0 fully saturated rings. The average Bonchev–Trinajstić information content (AvgIpc) is 3.01. The van der Waals surface area contributed by atoms with Gasteiger partial charge in [-0.15, -0.1) is 11.3 Å². The summed E-state index contributed by atoms with van der Waals surface area (Å²) in [5, 5.41) is 14.4. The van der Waals surface area contributed by atoms with E-state index in [-0.39, 0.29) is 11.7 Å². The molecule has 0 saturated heterocycles. The first-order valence-electron chi connectivity index (χ1n) is 6.57. The Balaban J connectivity index is 1.95. The van der Waals surface area contributed by atoms with Gasteiger partial charge in [-0.25, -0.2) is 0 Å². The van der Waals surface area contributed by atoms with Crippen molar-refractivity contribution in [2.75, 3.05) is 0 Å². The van der Waals surface area contributed by atoms with Crippen molar-refractivity contribution in [1.29, 1.82) is 0 Å². The monoisotopic (exact) mass is 303 g/mol. The standard InChI is InChI=1S/C15H17N3O2S/c1-2-12-7-8-13(21-12)15(19)17-9-10-3-5-11(6-4-10)14(16)18-20/h3-8,20H,2,9H2,1H3,(H2,16,18)(H,17,19). The van der Waals surface area contributed by atoms with Crippen LogP contribution in [0.5, 0.6) is 0 Å². The molecule has 0 unspecified atom stereocenters. The van der Waals surface area contributed by atoms with E-state index in [9.17, 15) is 4.79 Å². The fraction of sp³-hybridized carbons (Fsp3) is 0.200. The van der Waals surface area contributed by atoms with E-state index < -0.39 is 0 Å². The number of carbonyl (C=O) groups excluding carboxylic acids is 1. The third kappa shape index (κ3) is 3.82. The van der Waals surface area contributed by atoms with Crippen molar-refractivity contribution in [2.24, 2.45) is 10.9 Å². The van der Waals surface area contributed by atoms with Crippen molar-refractivity contribution in [3.8, 4) is 0 Å². The van der Waals surface area contributed by atoms with Crippen molar-refractivity contribution in [2.45, 2.75) is 19.9 Å². The fourth-order valence-electron chi connectivity index (χ4n) is 1.81. The van der Waals surface area contributed by atoms with Crippen LogP contribution >= 0.6 is 11.3 Å². The summed E-state index contributed by atoms with van der Waals surface area (Å²) in [6.07, 6.45) is 0.938. The van der Waals surface area contributed by atoms with Gasteiger partial charge in [-0.1, -0.05) is 36.3 Å². The maximum atomic E-state index is 12.0. The van der Waals surface area contributed by atoms with Crippen LogP contribution in [0.2, 0.25) is 0 Å². The largest absolute Gasteiger partial charge is 0.409 e. The SMILES string of the molecule is CCc1ccc(C(=O)NCc2ccc(C(N)=NO)cc2)s1. The van der Waals surface area contributed by atoms with Crippen LogP contribution in [0.4, 0.5) is 0 Å². The minimum Gasteiger partial charge on any atom is -0.409 e. The predicted octanol–water partition coefficient (Wildman–Crippen LogP) is 2.33. The second-order valence-corrected chi connectivity index (χ2v) is 5.65. The molecule has 4 N–H and O–H groups in total. The highest BCUT2D eigenvalue weighted by Gasteiger charge is 2.08. The number of thiophene rings is 1. The van der Waals surface area contributed by atoms with Crippen molar-refractivity contribution in [3.05, 3.63) is 57.3 Å². The molecule has 0 saturated carbocycles. The lowest BCUT2D eigenvalue weighted by molar-refractivity contribution is 0.0955. The number of benzene rings is 1. The van der Waals surface area contributed by atoms with Gasteiger partial charge in [-0.2, -0.15) is 0 Å². The predicted molar refractivity (Wildman–Crippen MR) is 83.8 cm³/mol. The van der Waals surface area contributed by atoms with E-state index in [0.29, 0.717) is 12.1 Å². The highest BCUT2D eigenvalue weighted by Crippen LogP contribution is 2.16. The first kappa shape index (κ1) is 15.1. The molecule has 1 aromatic carbocycles. The zero-order valence-corrected chi connectivity index (χ0v) is 12.5. The molecule has 1 aromatic heterocycles. The Morgan fingerprint density at radius 1 is 1.29 bits per heavy atom. The normalized spacial score (nSPS) is 11.4. The molecular formula is C15H17N3O2S. The van der Waals surface area contributed by atoms with Gasteiger partial charge in [-0.05, 0) is 24.1 Å². The Kier molecular flexibility index (Phi) is 4.94. The van der Waals surface area contributed by atoms with Crippen LogP contribution in [-0.4, -0.2) is 17.0 Å². The number of amidine groups is 1. The Morgan fingerprint density at radius 2 is 2.00 bits per heavy atom. The molecule has 1 heterocycles. The van der Waals surface area contributed by atoms with Gasteiger partial charge in [0.25, 0.3) is 5.91 Å². The van der Waals surface area contributed by atoms with E-state index in [1.807, 2.05) is 24.3 Å².